The maximum Gasteiger partial charge on any atom is 0.309 e. The van der Waals surface area contributed by atoms with E-state index >= 15 is 0 Å². The molecule has 4 heteroatoms. The second kappa shape index (κ2) is 7.01. The second-order valence-electron chi connectivity index (χ2n) is 4.22. The van der Waals surface area contributed by atoms with Crippen molar-refractivity contribution in [3.05, 3.63) is 30.3 Å². The molecule has 0 amide bonds. The molecule has 0 spiro atoms. The molecule has 98 valence electrons. The van der Waals surface area contributed by atoms with Gasteiger partial charge in [-0.15, -0.1) is 0 Å². The molecule has 0 aliphatic carbocycles. The van der Waals surface area contributed by atoms with Gasteiger partial charge < -0.3 is 14.2 Å². The highest BCUT2D eigenvalue weighted by atomic mass is 16.6. The zero-order chi connectivity index (χ0) is 12.6. The summed E-state index contributed by atoms with van der Waals surface area (Å²) in [5.41, 5.74) is 0. The van der Waals surface area contributed by atoms with Crippen LogP contribution in [0.25, 0.3) is 0 Å². The van der Waals surface area contributed by atoms with E-state index in [9.17, 15) is 4.79 Å². The fraction of sp³-hybridized carbons (Fsp3) is 0.500. The summed E-state index contributed by atoms with van der Waals surface area (Å²) in [6.45, 7) is 1.99. The first-order valence-corrected chi connectivity index (χ1v) is 6.28. The number of carbonyl (C=O) groups excluding carboxylic acids is 1. The number of rotatable bonds is 5. The van der Waals surface area contributed by atoms with Crippen molar-refractivity contribution in [2.75, 3.05) is 26.4 Å². The molecule has 1 fully saturated rings. The zero-order valence-corrected chi connectivity index (χ0v) is 10.3. The third-order valence-corrected chi connectivity index (χ3v) is 2.89. The lowest BCUT2D eigenvalue weighted by Gasteiger charge is -2.20. The first-order valence-electron chi connectivity index (χ1n) is 6.28. The largest absolute Gasteiger partial charge is 0.490 e. The van der Waals surface area contributed by atoms with E-state index in [1.807, 2.05) is 30.3 Å². The van der Waals surface area contributed by atoms with Crippen LogP contribution in [0.15, 0.2) is 30.3 Å². The van der Waals surface area contributed by atoms with Crippen LogP contribution in [0.2, 0.25) is 0 Å². The predicted molar refractivity (Wildman–Crippen MR) is 66.4 cm³/mol. The Morgan fingerprint density at radius 2 is 1.89 bits per heavy atom. The van der Waals surface area contributed by atoms with E-state index in [4.69, 9.17) is 14.2 Å². The number of benzene rings is 1. The van der Waals surface area contributed by atoms with Crippen LogP contribution in [0.1, 0.15) is 12.8 Å². The van der Waals surface area contributed by atoms with Gasteiger partial charge in [-0.1, -0.05) is 18.2 Å². The quantitative estimate of drug-likeness (QED) is 0.592. The summed E-state index contributed by atoms with van der Waals surface area (Å²) in [5, 5.41) is 0. The Hall–Kier alpha value is -1.55. The van der Waals surface area contributed by atoms with Crippen LogP contribution in [0.3, 0.4) is 0 Å². The molecule has 1 saturated heterocycles. The Labute approximate surface area is 107 Å². The van der Waals surface area contributed by atoms with Gasteiger partial charge in [0.2, 0.25) is 0 Å². The van der Waals surface area contributed by atoms with Gasteiger partial charge in [-0.2, -0.15) is 0 Å². The average Bonchev–Trinajstić information content (AvgIpc) is 2.45. The summed E-state index contributed by atoms with van der Waals surface area (Å²) in [5.74, 6) is 0.657. The van der Waals surface area contributed by atoms with Crippen LogP contribution >= 0.6 is 0 Å². The summed E-state index contributed by atoms with van der Waals surface area (Å²) < 4.78 is 15.8. The van der Waals surface area contributed by atoms with Crippen molar-refractivity contribution < 1.29 is 19.0 Å². The molecular weight excluding hydrogens is 232 g/mol. The van der Waals surface area contributed by atoms with Crippen molar-refractivity contribution in [3.8, 4) is 5.75 Å². The van der Waals surface area contributed by atoms with E-state index in [1.165, 1.54) is 0 Å². The van der Waals surface area contributed by atoms with Gasteiger partial charge in [0, 0.05) is 13.2 Å². The second-order valence-corrected chi connectivity index (χ2v) is 4.22. The van der Waals surface area contributed by atoms with Crippen LogP contribution < -0.4 is 4.74 Å². The SMILES string of the molecule is O=C(OCCOc1ccccc1)C1CCOCC1. The molecule has 0 unspecified atom stereocenters. The first kappa shape index (κ1) is 12.9. The molecule has 2 rings (SSSR count). The molecule has 0 radical (unpaired) electrons. The third kappa shape index (κ3) is 4.04. The fourth-order valence-electron chi connectivity index (χ4n) is 1.87. The van der Waals surface area contributed by atoms with E-state index in [1.54, 1.807) is 0 Å². The molecule has 0 saturated carbocycles. The van der Waals surface area contributed by atoms with Crippen LogP contribution in [-0.2, 0) is 14.3 Å². The summed E-state index contributed by atoms with van der Waals surface area (Å²) in [4.78, 5) is 11.7. The Bertz CT molecular complexity index is 357. The number of esters is 1. The Morgan fingerprint density at radius 1 is 1.17 bits per heavy atom. The van der Waals surface area contributed by atoms with Crippen LogP contribution in [0.4, 0.5) is 0 Å². The molecule has 18 heavy (non-hydrogen) atoms. The maximum absolute atomic E-state index is 11.7. The summed E-state index contributed by atoms with van der Waals surface area (Å²) in [6, 6.07) is 9.49. The van der Waals surface area contributed by atoms with Gasteiger partial charge in [0.15, 0.2) is 0 Å². The topological polar surface area (TPSA) is 44.8 Å². The minimum absolute atomic E-state index is 0.00419. The standard InChI is InChI=1S/C14H18O4/c15-14(12-6-8-16-9-7-12)18-11-10-17-13-4-2-1-3-5-13/h1-5,12H,6-11H2. The lowest BCUT2D eigenvalue weighted by atomic mass is 10.0. The van der Waals surface area contributed by atoms with Gasteiger partial charge in [-0.05, 0) is 25.0 Å². The lowest BCUT2D eigenvalue weighted by molar-refractivity contribution is -0.152. The third-order valence-electron chi connectivity index (χ3n) is 2.89. The van der Waals surface area contributed by atoms with Gasteiger partial charge in [-0.25, -0.2) is 0 Å². The first-order chi connectivity index (χ1) is 8.86. The highest BCUT2D eigenvalue weighted by molar-refractivity contribution is 5.72. The lowest BCUT2D eigenvalue weighted by Crippen LogP contribution is -2.26. The average molecular weight is 250 g/mol. The fourth-order valence-corrected chi connectivity index (χ4v) is 1.87. The number of carbonyl (C=O) groups is 1. The van der Waals surface area contributed by atoms with Gasteiger partial charge in [0.05, 0.1) is 5.92 Å². The van der Waals surface area contributed by atoms with Crippen molar-refractivity contribution in [2.45, 2.75) is 12.8 Å². The van der Waals surface area contributed by atoms with Gasteiger partial charge in [0.1, 0.15) is 19.0 Å². The molecule has 1 aromatic rings. The van der Waals surface area contributed by atoms with Gasteiger partial charge in [0.25, 0.3) is 0 Å². The Balaban J connectivity index is 1.61. The maximum atomic E-state index is 11.7. The highest BCUT2D eigenvalue weighted by Gasteiger charge is 2.22. The minimum Gasteiger partial charge on any atom is -0.490 e. The van der Waals surface area contributed by atoms with Crippen molar-refractivity contribution in [1.29, 1.82) is 0 Å². The van der Waals surface area contributed by atoms with E-state index in [-0.39, 0.29) is 11.9 Å². The minimum atomic E-state index is -0.130. The van der Waals surface area contributed by atoms with E-state index in [0.717, 1.165) is 18.6 Å². The van der Waals surface area contributed by atoms with E-state index < -0.39 is 0 Å². The molecule has 0 N–H and O–H groups in total. The monoisotopic (exact) mass is 250 g/mol. The summed E-state index contributed by atoms with van der Waals surface area (Å²) in [7, 11) is 0. The molecule has 0 aromatic heterocycles. The number of ether oxygens (including phenoxy) is 3. The van der Waals surface area contributed by atoms with Gasteiger partial charge in [-0.3, -0.25) is 4.79 Å². The van der Waals surface area contributed by atoms with Gasteiger partial charge >= 0.3 is 5.97 Å². The van der Waals surface area contributed by atoms with Crippen molar-refractivity contribution >= 4 is 5.97 Å². The normalized spacial score (nSPS) is 16.2. The van der Waals surface area contributed by atoms with Crippen LogP contribution in [0.5, 0.6) is 5.75 Å². The van der Waals surface area contributed by atoms with Crippen molar-refractivity contribution in [2.24, 2.45) is 5.92 Å². The van der Waals surface area contributed by atoms with Crippen molar-refractivity contribution in [1.82, 2.24) is 0 Å². The number of para-hydroxylation sites is 1. The Morgan fingerprint density at radius 3 is 2.61 bits per heavy atom. The number of hydrogen-bond acceptors (Lipinski definition) is 4. The smallest absolute Gasteiger partial charge is 0.309 e. The van der Waals surface area contributed by atoms with E-state index in [2.05, 4.69) is 0 Å². The van der Waals surface area contributed by atoms with Crippen molar-refractivity contribution in [3.63, 3.8) is 0 Å². The molecule has 1 aliphatic heterocycles. The van der Waals surface area contributed by atoms with E-state index in [0.29, 0.717) is 26.4 Å². The molecule has 1 heterocycles. The highest BCUT2D eigenvalue weighted by Crippen LogP contribution is 2.16. The summed E-state index contributed by atoms with van der Waals surface area (Å²) in [6.07, 6.45) is 1.52. The van der Waals surface area contributed by atoms with Crippen LogP contribution in [0, 0.1) is 5.92 Å². The predicted octanol–water partition coefficient (Wildman–Crippen LogP) is 2.04. The molecule has 4 nitrogen and oxygen atoms in total. The summed E-state index contributed by atoms with van der Waals surface area (Å²) >= 11 is 0. The molecule has 0 atom stereocenters. The van der Waals surface area contributed by atoms with Crippen LogP contribution in [-0.4, -0.2) is 32.4 Å². The Kier molecular flexibility index (Phi) is 5.02. The molecule has 0 bridgehead atoms. The molecule has 1 aromatic carbocycles. The zero-order valence-electron chi connectivity index (χ0n) is 10.3. The number of hydrogen-bond donors (Lipinski definition) is 0. The molecule has 1 aliphatic rings. The molecular formula is C14H18O4.